The quantitative estimate of drug-likeness (QED) is 0.184. The van der Waals surface area contributed by atoms with Crippen molar-refractivity contribution >= 4 is 35.3 Å². The van der Waals surface area contributed by atoms with Gasteiger partial charge in [-0.15, -0.1) is 0 Å². The van der Waals surface area contributed by atoms with Crippen molar-refractivity contribution in [3.05, 3.63) is 88.4 Å². The van der Waals surface area contributed by atoms with Gasteiger partial charge in [0.2, 0.25) is 11.3 Å². The first-order valence-electron chi connectivity index (χ1n) is 11.8. The van der Waals surface area contributed by atoms with E-state index in [1.54, 1.807) is 12.3 Å². The zero-order valence-corrected chi connectivity index (χ0v) is 21.0. The van der Waals surface area contributed by atoms with E-state index in [1.807, 2.05) is 0 Å². The maximum absolute atomic E-state index is 14.6. The van der Waals surface area contributed by atoms with Gasteiger partial charge in [0, 0.05) is 35.9 Å². The van der Waals surface area contributed by atoms with E-state index < -0.39 is 53.8 Å². The molecule has 4 aromatic rings. The molecule has 0 spiro atoms. The highest BCUT2D eigenvalue weighted by Gasteiger charge is 2.30. The van der Waals surface area contributed by atoms with Crippen molar-refractivity contribution in [1.82, 2.24) is 13.9 Å². The van der Waals surface area contributed by atoms with Crippen LogP contribution in [0.5, 0.6) is 0 Å². The molecular formula is C25H22BF3N4O5S. The van der Waals surface area contributed by atoms with Gasteiger partial charge in [-0.25, -0.2) is 21.9 Å². The van der Waals surface area contributed by atoms with Gasteiger partial charge < -0.3 is 15.8 Å². The fraction of sp³-hybridized carbons (Fsp3) is 0.200. The number of aromatic nitrogens is 2. The molecule has 2 heterocycles. The number of pyridine rings is 1. The maximum atomic E-state index is 14.6. The molecule has 0 bridgehead atoms. The third-order valence-corrected chi connectivity index (χ3v) is 7.35. The third-order valence-electron chi connectivity index (χ3n) is 6.65. The normalized spacial score (nSPS) is 14.2. The molecular weight excluding hydrogens is 536 g/mol. The molecule has 2 aromatic carbocycles. The lowest BCUT2D eigenvalue weighted by Crippen LogP contribution is -2.34. The summed E-state index contributed by atoms with van der Waals surface area (Å²) in [6.45, 7) is -0.629. The van der Waals surface area contributed by atoms with Crippen LogP contribution in [0.25, 0.3) is 16.8 Å². The molecule has 2 aromatic heterocycles. The number of halogens is 3. The summed E-state index contributed by atoms with van der Waals surface area (Å²) in [6.07, 6.45) is 3.28. The summed E-state index contributed by atoms with van der Waals surface area (Å²) >= 11 is -2.60. The average molecular weight is 558 g/mol. The van der Waals surface area contributed by atoms with Gasteiger partial charge in [-0.2, -0.15) is 9.40 Å². The minimum absolute atomic E-state index is 0.114. The minimum Gasteiger partial charge on any atom is -0.423 e. The maximum Gasteiger partial charge on any atom is 0.491 e. The van der Waals surface area contributed by atoms with Crippen molar-refractivity contribution in [2.45, 2.75) is 31.8 Å². The molecule has 1 atom stereocenters. The van der Waals surface area contributed by atoms with Crippen LogP contribution in [-0.4, -0.2) is 45.8 Å². The summed E-state index contributed by atoms with van der Waals surface area (Å²) in [4.78, 5) is 12.4. The number of carbonyl (C=O) groups excluding carboxylic acids is 1. The molecule has 202 valence electrons. The first kappa shape index (κ1) is 27.0. The van der Waals surface area contributed by atoms with E-state index in [4.69, 9.17) is 5.73 Å². The highest BCUT2D eigenvalue weighted by atomic mass is 32.2. The van der Waals surface area contributed by atoms with Crippen molar-refractivity contribution in [2.75, 3.05) is 0 Å². The molecule has 1 fully saturated rings. The van der Waals surface area contributed by atoms with Gasteiger partial charge in [0.05, 0.1) is 11.1 Å². The standard InChI is InChI=1S/C25H22BF3N4O5S/c27-17-6-3-14(4-7-17)24-21(25(30)34)20-9-18(13-1-2-13)16(12-33(20)31-24)11-32(39(37)38)10-15-5-8-19(26(35)36)23(29)22(15)28/h3-9,12-13,35-36H,1-2,10-11H2,(H2,30,34)(H,37,38). The lowest BCUT2D eigenvalue weighted by Gasteiger charge is -2.21. The van der Waals surface area contributed by atoms with E-state index in [9.17, 15) is 36.8 Å². The number of fused-ring (bicyclic) bond motifs is 1. The molecule has 1 saturated carbocycles. The SMILES string of the molecule is NC(=O)c1c(-c2ccc(F)cc2)nn2cc(CN(Cc3ccc(B(O)O)c(F)c3F)S(=O)O)c(C3CC3)cc12. The smallest absolute Gasteiger partial charge is 0.423 e. The van der Waals surface area contributed by atoms with Crippen molar-refractivity contribution in [1.29, 1.82) is 0 Å². The fourth-order valence-electron chi connectivity index (χ4n) is 4.58. The topological polar surface area (TPSA) is 141 Å². The van der Waals surface area contributed by atoms with Crippen LogP contribution in [0.1, 0.15) is 45.8 Å². The molecule has 5 rings (SSSR count). The first-order valence-corrected chi connectivity index (χ1v) is 12.9. The summed E-state index contributed by atoms with van der Waals surface area (Å²) in [5.41, 5.74) is 7.39. The van der Waals surface area contributed by atoms with Crippen LogP contribution in [0.3, 0.4) is 0 Å². The van der Waals surface area contributed by atoms with Gasteiger partial charge in [-0.05, 0) is 60.2 Å². The molecule has 1 aliphatic carbocycles. The van der Waals surface area contributed by atoms with Crippen LogP contribution in [0, 0.1) is 17.5 Å². The average Bonchev–Trinajstić information content (AvgIpc) is 3.66. The zero-order valence-electron chi connectivity index (χ0n) is 20.2. The summed E-state index contributed by atoms with van der Waals surface area (Å²) in [6, 6.07) is 9.24. The van der Waals surface area contributed by atoms with Gasteiger partial charge in [-0.3, -0.25) is 9.35 Å². The van der Waals surface area contributed by atoms with Crippen molar-refractivity contribution in [2.24, 2.45) is 5.73 Å². The van der Waals surface area contributed by atoms with Gasteiger partial charge in [-0.1, -0.05) is 12.1 Å². The van der Waals surface area contributed by atoms with Crippen LogP contribution in [-0.2, 0) is 24.4 Å². The molecule has 1 amide bonds. The Balaban J connectivity index is 1.56. The van der Waals surface area contributed by atoms with Gasteiger partial charge in [0.25, 0.3) is 5.91 Å². The van der Waals surface area contributed by atoms with Gasteiger partial charge in [0.15, 0.2) is 11.6 Å². The Bertz CT molecular complexity index is 1610. The summed E-state index contributed by atoms with van der Waals surface area (Å²) < 4.78 is 67.0. The molecule has 0 saturated heterocycles. The molecule has 1 aliphatic rings. The minimum atomic E-state index is -2.60. The number of nitrogens with two attached hydrogens (primary N) is 1. The second-order valence-electron chi connectivity index (χ2n) is 9.30. The number of carbonyl (C=O) groups is 1. The summed E-state index contributed by atoms with van der Waals surface area (Å²) in [5, 5.41) is 22.9. The van der Waals surface area contributed by atoms with E-state index in [0.717, 1.165) is 34.8 Å². The number of hydrogen-bond acceptors (Lipinski definition) is 5. The van der Waals surface area contributed by atoms with Crippen LogP contribution in [0.2, 0.25) is 0 Å². The molecule has 0 radical (unpaired) electrons. The van der Waals surface area contributed by atoms with Crippen LogP contribution < -0.4 is 11.2 Å². The van der Waals surface area contributed by atoms with Crippen LogP contribution in [0.15, 0.2) is 48.7 Å². The highest BCUT2D eigenvalue weighted by molar-refractivity contribution is 7.76. The van der Waals surface area contributed by atoms with E-state index in [1.165, 1.54) is 28.8 Å². The second kappa shape index (κ2) is 10.5. The molecule has 0 aliphatic heterocycles. The molecule has 5 N–H and O–H groups in total. The summed E-state index contributed by atoms with van der Waals surface area (Å²) in [5.74, 6) is -3.91. The van der Waals surface area contributed by atoms with Gasteiger partial charge >= 0.3 is 7.12 Å². The first-order chi connectivity index (χ1) is 18.5. The third kappa shape index (κ3) is 5.33. The molecule has 39 heavy (non-hydrogen) atoms. The lowest BCUT2D eigenvalue weighted by molar-refractivity contribution is 0.100. The molecule has 9 nitrogen and oxygen atoms in total. The number of benzene rings is 2. The fourth-order valence-corrected chi connectivity index (χ4v) is 5.08. The Morgan fingerprint density at radius 3 is 2.33 bits per heavy atom. The van der Waals surface area contributed by atoms with E-state index in [2.05, 4.69) is 5.10 Å². The Kier molecular flexibility index (Phi) is 7.31. The van der Waals surface area contributed by atoms with Crippen molar-refractivity contribution < 1.29 is 36.8 Å². The van der Waals surface area contributed by atoms with E-state index in [0.29, 0.717) is 16.6 Å². The van der Waals surface area contributed by atoms with E-state index in [-0.39, 0.29) is 29.3 Å². The number of primary amides is 1. The Morgan fingerprint density at radius 2 is 1.74 bits per heavy atom. The predicted molar refractivity (Wildman–Crippen MR) is 137 cm³/mol. The van der Waals surface area contributed by atoms with Crippen LogP contribution >= 0.6 is 0 Å². The Hall–Kier alpha value is -3.56. The molecule has 14 heteroatoms. The number of nitrogens with zero attached hydrogens (tertiary/aromatic N) is 3. The lowest BCUT2D eigenvalue weighted by atomic mass is 9.79. The van der Waals surface area contributed by atoms with Crippen LogP contribution in [0.4, 0.5) is 13.2 Å². The number of amides is 1. The van der Waals surface area contributed by atoms with E-state index >= 15 is 0 Å². The van der Waals surface area contributed by atoms with Crippen molar-refractivity contribution in [3.63, 3.8) is 0 Å². The monoisotopic (exact) mass is 558 g/mol. The van der Waals surface area contributed by atoms with Gasteiger partial charge in [0.1, 0.15) is 11.5 Å². The zero-order chi connectivity index (χ0) is 28.0. The predicted octanol–water partition coefficient (Wildman–Crippen LogP) is 2.21. The Morgan fingerprint density at radius 1 is 1.08 bits per heavy atom. The number of rotatable bonds is 9. The number of hydrogen-bond donors (Lipinski definition) is 4. The highest BCUT2D eigenvalue weighted by Crippen LogP contribution is 2.43. The van der Waals surface area contributed by atoms with Crippen molar-refractivity contribution in [3.8, 4) is 11.3 Å². The molecule has 1 unspecified atom stereocenters. The second-order valence-corrected chi connectivity index (χ2v) is 10.3. The largest absolute Gasteiger partial charge is 0.491 e. The Labute approximate surface area is 223 Å². The summed E-state index contributed by atoms with van der Waals surface area (Å²) in [7, 11) is -2.22.